The summed E-state index contributed by atoms with van der Waals surface area (Å²) in [6.07, 6.45) is -2.95. The molecule has 0 saturated heterocycles. The number of sulfonamides is 1. The molecule has 0 radical (unpaired) electrons. The van der Waals surface area contributed by atoms with Crippen molar-refractivity contribution in [3.05, 3.63) is 20.4 Å². The minimum absolute atomic E-state index is 0.101. The first kappa shape index (κ1) is 13.0. The third kappa shape index (κ3) is 2.95. The summed E-state index contributed by atoms with van der Waals surface area (Å²) < 4.78 is 46.7. The molecule has 1 aromatic heterocycles. The Morgan fingerprint density at radius 2 is 2.07 bits per heavy atom. The number of hydrogen-bond acceptors (Lipinski definition) is 3. The number of aromatic nitrogens is 1. The minimum atomic E-state index is -4.12. The van der Waals surface area contributed by atoms with Crippen LogP contribution < -0.4 is 5.14 Å². The highest BCUT2D eigenvalue weighted by Crippen LogP contribution is 2.28. The first-order chi connectivity index (χ1) is 6.73. The van der Waals surface area contributed by atoms with Crippen LogP contribution in [-0.4, -0.2) is 13.4 Å². The summed E-state index contributed by atoms with van der Waals surface area (Å²) in [5.41, 5.74) is -0.791. The van der Waals surface area contributed by atoms with E-state index in [1.165, 1.54) is 0 Å². The zero-order valence-corrected chi connectivity index (χ0v) is 10.6. The van der Waals surface area contributed by atoms with E-state index < -0.39 is 27.2 Å². The van der Waals surface area contributed by atoms with Crippen LogP contribution in [0.1, 0.15) is 12.1 Å². The van der Waals surface area contributed by atoms with Gasteiger partial charge in [0.05, 0.1) is 8.59 Å². The molecule has 1 rings (SSSR count). The van der Waals surface area contributed by atoms with Crippen molar-refractivity contribution in [2.75, 3.05) is 0 Å². The highest BCUT2D eigenvalue weighted by Gasteiger charge is 2.22. The van der Waals surface area contributed by atoms with Crippen molar-refractivity contribution in [2.45, 2.75) is 11.5 Å². The average molecular weight is 369 g/mol. The highest BCUT2D eigenvalue weighted by molar-refractivity contribution is 14.1. The Kier molecular flexibility index (Phi) is 3.85. The molecule has 0 bridgehead atoms. The topological polar surface area (TPSA) is 73.1 Å². The van der Waals surface area contributed by atoms with Crippen LogP contribution in [0.15, 0.2) is 11.1 Å². The zero-order valence-electron chi connectivity index (χ0n) is 6.92. The van der Waals surface area contributed by atoms with Gasteiger partial charge in [0.25, 0.3) is 16.4 Å². The van der Waals surface area contributed by atoms with Crippen LogP contribution >= 0.6 is 34.2 Å². The molecule has 0 aliphatic heterocycles. The molecule has 0 saturated carbocycles. The van der Waals surface area contributed by atoms with Gasteiger partial charge in [-0.05, 0) is 28.7 Å². The van der Waals surface area contributed by atoms with Gasteiger partial charge < -0.3 is 0 Å². The molecule has 1 aromatic rings. The number of alkyl halides is 2. The van der Waals surface area contributed by atoms with Gasteiger partial charge in [0.1, 0.15) is 5.69 Å². The number of hydrogen-bond donors (Lipinski definition) is 1. The molecule has 9 heteroatoms. The van der Waals surface area contributed by atoms with Crippen molar-refractivity contribution in [3.63, 3.8) is 0 Å². The summed E-state index contributed by atoms with van der Waals surface area (Å²) in [4.78, 5) is 3.24. The van der Waals surface area contributed by atoms with E-state index in [2.05, 4.69) is 4.98 Å². The van der Waals surface area contributed by atoms with E-state index in [9.17, 15) is 17.2 Å². The van der Waals surface area contributed by atoms with Crippen LogP contribution in [0.3, 0.4) is 0 Å². The first-order valence-electron chi connectivity index (χ1n) is 3.40. The van der Waals surface area contributed by atoms with Gasteiger partial charge in [0.15, 0.2) is 5.03 Å². The van der Waals surface area contributed by atoms with Crippen molar-refractivity contribution >= 4 is 44.2 Å². The Morgan fingerprint density at radius 3 is 2.47 bits per heavy atom. The van der Waals surface area contributed by atoms with Crippen molar-refractivity contribution in [1.82, 2.24) is 4.98 Å². The molecule has 1 heterocycles. The molecule has 0 unspecified atom stereocenters. The van der Waals surface area contributed by atoms with Crippen LogP contribution in [0.2, 0.25) is 5.02 Å². The number of primary sulfonamides is 1. The van der Waals surface area contributed by atoms with E-state index in [-0.39, 0.29) is 8.59 Å². The van der Waals surface area contributed by atoms with Gasteiger partial charge >= 0.3 is 0 Å². The summed E-state index contributed by atoms with van der Waals surface area (Å²) in [5.74, 6) is 0. The minimum Gasteiger partial charge on any atom is -0.231 e. The second-order valence-electron chi connectivity index (χ2n) is 2.49. The fourth-order valence-corrected chi connectivity index (χ4v) is 3.14. The lowest BCUT2D eigenvalue weighted by Gasteiger charge is -2.06. The van der Waals surface area contributed by atoms with Gasteiger partial charge in [0, 0.05) is 0 Å². The predicted molar refractivity (Wildman–Crippen MR) is 58.3 cm³/mol. The van der Waals surface area contributed by atoms with Gasteiger partial charge in [-0.2, -0.15) is 0 Å². The molecule has 15 heavy (non-hydrogen) atoms. The molecule has 84 valence electrons. The molecule has 0 fully saturated rings. The molecule has 0 aromatic carbocycles. The molecule has 0 aliphatic carbocycles. The average Bonchev–Trinajstić information content (AvgIpc) is 2.00. The van der Waals surface area contributed by atoms with Gasteiger partial charge in [-0.15, -0.1) is 0 Å². The van der Waals surface area contributed by atoms with Gasteiger partial charge in [0.2, 0.25) is 0 Å². The summed E-state index contributed by atoms with van der Waals surface area (Å²) in [7, 11) is -4.12. The maximum absolute atomic E-state index is 12.3. The summed E-state index contributed by atoms with van der Waals surface area (Å²) >= 11 is 7.06. The van der Waals surface area contributed by atoms with Crippen molar-refractivity contribution in [2.24, 2.45) is 5.14 Å². The van der Waals surface area contributed by atoms with Crippen molar-refractivity contribution in [1.29, 1.82) is 0 Å². The van der Waals surface area contributed by atoms with Crippen LogP contribution in [-0.2, 0) is 10.0 Å². The monoisotopic (exact) mass is 368 g/mol. The maximum Gasteiger partial charge on any atom is 0.281 e. The quantitative estimate of drug-likeness (QED) is 0.811. The smallest absolute Gasteiger partial charge is 0.231 e. The fourth-order valence-electron chi connectivity index (χ4n) is 0.816. The Balaban J connectivity index is 3.50. The summed E-state index contributed by atoms with van der Waals surface area (Å²) in [6, 6.07) is 1.08. The fraction of sp³-hybridized carbons (Fsp3) is 0.167. The van der Waals surface area contributed by atoms with Gasteiger partial charge in [-0.1, -0.05) is 11.6 Å². The lowest BCUT2D eigenvalue weighted by Crippen LogP contribution is -2.16. The standard InChI is InChI=1S/C6H4ClF2IN2O2S/c7-2-1-3(10)6(15(11,13)14)12-4(2)5(8)9/h1,5H,(H2,11,13,14). The van der Waals surface area contributed by atoms with Crippen molar-refractivity contribution < 1.29 is 17.2 Å². The largest absolute Gasteiger partial charge is 0.281 e. The molecular formula is C6H4ClF2IN2O2S. The molecule has 0 aliphatic rings. The molecule has 4 nitrogen and oxygen atoms in total. The number of nitrogens with two attached hydrogens (primary N) is 1. The number of rotatable bonds is 2. The summed E-state index contributed by atoms with van der Waals surface area (Å²) in [6.45, 7) is 0. The van der Waals surface area contributed by atoms with E-state index in [1.807, 2.05) is 0 Å². The van der Waals surface area contributed by atoms with E-state index in [0.717, 1.165) is 6.07 Å². The normalized spacial score (nSPS) is 12.1. The van der Waals surface area contributed by atoms with Crippen LogP contribution in [0.25, 0.3) is 0 Å². The van der Waals surface area contributed by atoms with E-state index in [0.29, 0.717) is 0 Å². The third-order valence-corrected chi connectivity index (χ3v) is 3.74. The molecule has 0 spiro atoms. The van der Waals surface area contributed by atoms with Crippen LogP contribution in [0, 0.1) is 3.57 Å². The molecule has 0 atom stereocenters. The molecule has 0 amide bonds. The zero-order chi connectivity index (χ0) is 11.8. The summed E-state index contributed by atoms with van der Waals surface area (Å²) in [5, 5.41) is 3.91. The van der Waals surface area contributed by atoms with E-state index in [4.69, 9.17) is 16.7 Å². The highest BCUT2D eigenvalue weighted by atomic mass is 127. The lowest BCUT2D eigenvalue weighted by atomic mass is 10.4. The van der Waals surface area contributed by atoms with Crippen molar-refractivity contribution in [3.8, 4) is 0 Å². The predicted octanol–water partition coefficient (Wildman–Crippen LogP) is 1.92. The Labute approximate surface area is 103 Å². The van der Waals surface area contributed by atoms with Crippen LogP contribution in [0.4, 0.5) is 8.78 Å². The number of halogens is 4. The number of pyridine rings is 1. The first-order valence-corrected chi connectivity index (χ1v) is 6.40. The van der Waals surface area contributed by atoms with E-state index in [1.54, 1.807) is 22.6 Å². The Morgan fingerprint density at radius 1 is 1.53 bits per heavy atom. The third-order valence-electron chi connectivity index (χ3n) is 1.40. The molecular weight excluding hydrogens is 364 g/mol. The number of nitrogens with zero attached hydrogens (tertiary/aromatic N) is 1. The van der Waals surface area contributed by atoms with Gasteiger partial charge in [-0.25, -0.2) is 27.3 Å². The second-order valence-corrected chi connectivity index (χ2v) is 5.53. The molecule has 2 N–H and O–H groups in total. The Bertz CT molecular complexity index is 494. The van der Waals surface area contributed by atoms with Gasteiger partial charge in [-0.3, -0.25) is 0 Å². The lowest BCUT2D eigenvalue weighted by molar-refractivity contribution is 0.145. The Hall–Kier alpha value is -0.0600. The van der Waals surface area contributed by atoms with Crippen LogP contribution in [0.5, 0.6) is 0 Å². The van der Waals surface area contributed by atoms with E-state index >= 15 is 0 Å². The SMILES string of the molecule is NS(=O)(=O)c1nc(C(F)F)c(Cl)cc1I. The second kappa shape index (κ2) is 4.44. The maximum atomic E-state index is 12.3.